The van der Waals surface area contributed by atoms with Crippen LogP contribution in [0.5, 0.6) is 11.5 Å². The Bertz CT molecular complexity index is 448. The fourth-order valence-corrected chi connectivity index (χ4v) is 2.83. The molecule has 1 aromatic rings. The topological polar surface area (TPSA) is 47.7 Å². The molecule has 0 saturated carbocycles. The molecule has 0 amide bonds. The Morgan fingerprint density at radius 1 is 1.19 bits per heavy atom. The van der Waals surface area contributed by atoms with Gasteiger partial charge >= 0.3 is 0 Å². The molecule has 0 radical (unpaired) electrons. The average Bonchev–Trinajstić information content (AvgIpc) is 2.71. The third-order valence-electron chi connectivity index (χ3n) is 3.83. The fraction of sp³-hybridized carbons (Fsp3) is 0.647. The molecule has 4 heteroatoms. The van der Waals surface area contributed by atoms with Gasteiger partial charge in [-0.1, -0.05) is 26.8 Å². The molecule has 118 valence electrons. The lowest BCUT2D eigenvalue weighted by Crippen LogP contribution is -2.36. The largest absolute Gasteiger partial charge is 0.490 e. The molecule has 0 aromatic heterocycles. The number of hydrogen-bond acceptors (Lipinski definition) is 4. The second-order valence-electron chi connectivity index (χ2n) is 5.99. The Morgan fingerprint density at radius 2 is 1.90 bits per heavy atom. The smallest absolute Gasteiger partial charge is 0.161 e. The molecule has 1 unspecified atom stereocenters. The summed E-state index contributed by atoms with van der Waals surface area (Å²) in [6, 6.07) is 6.46. The van der Waals surface area contributed by atoms with E-state index in [1.165, 1.54) is 5.56 Å². The Labute approximate surface area is 128 Å². The minimum Gasteiger partial charge on any atom is -0.490 e. The lowest BCUT2D eigenvalue weighted by Gasteiger charge is -2.31. The Morgan fingerprint density at radius 3 is 2.52 bits per heavy atom. The van der Waals surface area contributed by atoms with Crippen LogP contribution in [0, 0.1) is 5.92 Å². The quantitative estimate of drug-likeness (QED) is 0.876. The summed E-state index contributed by atoms with van der Waals surface area (Å²) >= 11 is 0. The van der Waals surface area contributed by atoms with Crippen molar-refractivity contribution in [2.45, 2.75) is 33.2 Å². The molecule has 0 fully saturated rings. The zero-order valence-electron chi connectivity index (χ0n) is 13.5. The molecule has 0 saturated heterocycles. The molecule has 2 N–H and O–H groups in total. The Balaban J connectivity index is 2.23. The highest BCUT2D eigenvalue weighted by atomic mass is 16.5. The van der Waals surface area contributed by atoms with Gasteiger partial charge in [0.15, 0.2) is 11.5 Å². The van der Waals surface area contributed by atoms with Crippen LogP contribution in [-0.2, 0) is 0 Å². The molecule has 1 aliphatic rings. The number of likely N-dealkylation sites (N-methyl/N-ethyl adjacent to an activating group) is 1. The van der Waals surface area contributed by atoms with E-state index in [1.807, 2.05) is 6.07 Å². The summed E-state index contributed by atoms with van der Waals surface area (Å²) in [4.78, 5) is 2.43. The van der Waals surface area contributed by atoms with E-state index < -0.39 is 0 Å². The number of ether oxygens (including phenoxy) is 2. The van der Waals surface area contributed by atoms with Gasteiger partial charge in [-0.25, -0.2) is 0 Å². The van der Waals surface area contributed by atoms with E-state index in [2.05, 4.69) is 37.8 Å². The normalized spacial score (nSPS) is 16.1. The van der Waals surface area contributed by atoms with E-state index in [0.717, 1.165) is 37.6 Å². The van der Waals surface area contributed by atoms with E-state index in [9.17, 15) is 0 Å². The van der Waals surface area contributed by atoms with E-state index >= 15 is 0 Å². The maximum Gasteiger partial charge on any atom is 0.161 e. The summed E-state index contributed by atoms with van der Waals surface area (Å²) in [6.07, 6.45) is 0.929. The molecule has 1 aliphatic heterocycles. The number of rotatable bonds is 6. The van der Waals surface area contributed by atoms with Crippen molar-refractivity contribution >= 4 is 0 Å². The van der Waals surface area contributed by atoms with E-state index in [0.29, 0.717) is 19.1 Å². The molecule has 0 spiro atoms. The van der Waals surface area contributed by atoms with Gasteiger partial charge in [-0.2, -0.15) is 0 Å². The first-order chi connectivity index (χ1) is 10.2. The van der Waals surface area contributed by atoms with Crippen LogP contribution in [0.25, 0.3) is 0 Å². The van der Waals surface area contributed by atoms with Crippen LogP contribution in [-0.4, -0.2) is 37.7 Å². The first kappa shape index (κ1) is 16.1. The zero-order chi connectivity index (χ0) is 15.2. The van der Waals surface area contributed by atoms with Gasteiger partial charge in [0.1, 0.15) is 0 Å². The molecule has 1 aromatic carbocycles. The fourth-order valence-electron chi connectivity index (χ4n) is 2.83. The second kappa shape index (κ2) is 7.66. The van der Waals surface area contributed by atoms with Crippen LogP contribution in [0.3, 0.4) is 0 Å². The first-order valence-electron chi connectivity index (χ1n) is 7.99. The standard InChI is InChI=1S/C17H28N2O2/c1-4-19(12-13(2)3)15(11-18)14-6-7-16-17(10-14)21-9-5-8-20-16/h6-7,10,13,15H,4-5,8-9,11-12,18H2,1-3H3. The number of fused-ring (bicyclic) bond motifs is 1. The van der Waals surface area contributed by atoms with Crippen LogP contribution in [0.2, 0.25) is 0 Å². The SMILES string of the molecule is CCN(CC(C)C)C(CN)c1ccc2c(c1)OCCCO2. The predicted octanol–water partition coefficient (Wildman–Crippen LogP) is 2.83. The third kappa shape index (κ3) is 4.11. The first-order valence-corrected chi connectivity index (χ1v) is 7.99. The van der Waals surface area contributed by atoms with E-state index in [1.54, 1.807) is 0 Å². The van der Waals surface area contributed by atoms with Gasteiger partial charge in [0, 0.05) is 25.6 Å². The van der Waals surface area contributed by atoms with Gasteiger partial charge in [-0.15, -0.1) is 0 Å². The van der Waals surface area contributed by atoms with Gasteiger partial charge in [-0.3, -0.25) is 4.90 Å². The summed E-state index contributed by atoms with van der Waals surface area (Å²) in [7, 11) is 0. The van der Waals surface area contributed by atoms with Gasteiger partial charge in [0.25, 0.3) is 0 Å². The number of hydrogen-bond donors (Lipinski definition) is 1. The van der Waals surface area contributed by atoms with Gasteiger partial charge in [0.2, 0.25) is 0 Å². The van der Waals surface area contributed by atoms with Crippen LogP contribution in [0.15, 0.2) is 18.2 Å². The highest BCUT2D eigenvalue weighted by Gasteiger charge is 2.21. The van der Waals surface area contributed by atoms with Crippen LogP contribution in [0.4, 0.5) is 0 Å². The minimum atomic E-state index is 0.231. The highest BCUT2D eigenvalue weighted by molar-refractivity contribution is 5.44. The second-order valence-corrected chi connectivity index (χ2v) is 5.99. The van der Waals surface area contributed by atoms with E-state index in [4.69, 9.17) is 15.2 Å². The number of nitrogens with zero attached hydrogens (tertiary/aromatic N) is 1. The van der Waals surface area contributed by atoms with Gasteiger partial charge in [-0.05, 0) is 30.2 Å². The van der Waals surface area contributed by atoms with Crippen LogP contribution < -0.4 is 15.2 Å². The molecular formula is C17H28N2O2. The van der Waals surface area contributed by atoms with Crippen molar-refractivity contribution in [2.75, 3.05) is 32.8 Å². The van der Waals surface area contributed by atoms with Crippen molar-refractivity contribution in [1.29, 1.82) is 0 Å². The Kier molecular flexibility index (Phi) is 5.88. The highest BCUT2D eigenvalue weighted by Crippen LogP contribution is 2.33. The van der Waals surface area contributed by atoms with Crippen LogP contribution >= 0.6 is 0 Å². The summed E-state index contributed by atoms with van der Waals surface area (Å²) in [6.45, 7) is 10.8. The molecule has 1 heterocycles. The number of benzene rings is 1. The molecule has 1 atom stereocenters. The van der Waals surface area contributed by atoms with Crippen molar-refractivity contribution in [1.82, 2.24) is 4.90 Å². The summed E-state index contributed by atoms with van der Waals surface area (Å²) in [5.74, 6) is 2.32. The Hall–Kier alpha value is -1.26. The zero-order valence-corrected chi connectivity index (χ0v) is 13.5. The minimum absolute atomic E-state index is 0.231. The van der Waals surface area contributed by atoms with Crippen molar-refractivity contribution in [2.24, 2.45) is 11.7 Å². The van der Waals surface area contributed by atoms with Gasteiger partial charge in [0.05, 0.1) is 13.2 Å². The summed E-state index contributed by atoms with van der Waals surface area (Å²) < 4.78 is 11.5. The molecule has 21 heavy (non-hydrogen) atoms. The van der Waals surface area contributed by atoms with Gasteiger partial charge < -0.3 is 15.2 Å². The average molecular weight is 292 g/mol. The summed E-state index contributed by atoms with van der Waals surface area (Å²) in [5.41, 5.74) is 7.26. The molecule has 0 bridgehead atoms. The van der Waals surface area contributed by atoms with Crippen molar-refractivity contribution in [3.63, 3.8) is 0 Å². The number of nitrogens with two attached hydrogens (primary N) is 1. The molecule has 2 rings (SSSR count). The molecular weight excluding hydrogens is 264 g/mol. The van der Waals surface area contributed by atoms with Crippen LogP contribution in [0.1, 0.15) is 38.8 Å². The lowest BCUT2D eigenvalue weighted by atomic mass is 10.0. The predicted molar refractivity (Wildman–Crippen MR) is 85.9 cm³/mol. The molecule has 4 nitrogen and oxygen atoms in total. The van der Waals surface area contributed by atoms with E-state index in [-0.39, 0.29) is 6.04 Å². The maximum atomic E-state index is 6.05. The molecule has 0 aliphatic carbocycles. The van der Waals surface area contributed by atoms with Crippen molar-refractivity contribution < 1.29 is 9.47 Å². The maximum absolute atomic E-state index is 6.05. The van der Waals surface area contributed by atoms with Crippen molar-refractivity contribution in [3.05, 3.63) is 23.8 Å². The lowest BCUT2D eigenvalue weighted by molar-refractivity contribution is 0.189. The summed E-state index contributed by atoms with van der Waals surface area (Å²) in [5, 5.41) is 0. The monoisotopic (exact) mass is 292 g/mol. The third-order valence-corrected chi connectivity index (χ3v) is 3.83. The van der Waals surface area contributed by atoms with Crippen molar-refractivity contribution in [3.8, 4) is 11.5 Å².